The molecule has 0 heterocycles. The predicted octanol–water partition coefficient (Wildman–Crippen LogP) is -0.524. The van der Waals surface area contributed by atoms with Crippen LogP contribution in [0.15, 0.2) is 0 Å². The van der Waals surface area contributed by atoms with Gasteiger partial charge < -0.3 is 16.0 Å². The van der Waals surface area contributed by atoms with Gasteiger partial charge in [-0.15, -0.1) is 0 Å². The summed E-state index contributed by atoms with van der Waals surface area (Å²) in [6.45, 7) is 11.5. The van der Waals surface area contributed by atoms with E-state index in [1.165, 1.54) is 0 Å². The van der Waals surface area contributed by atoms with Crippen molar-refractivity contribution in [3.8, 4) is 0 Å². The van der Waals surface area contributed by atoms with E-state index in [1.54, 1.807) is 7.05 Å². The van der Waals surface area contributed by atoms with E-state index < -0.39 is 30.4 Å². The van der Waals surface area contributed by atoms with E-state index in [0.29, 0.717) is 19.0 Å². The molecule has 0 bridgehead atoms. The summed E-state index contributed by atoms with van der Waals surface area (Å²) in [5.74, 6) is -0.163. The molecule has 0 aliphatic carbocycles. The summed E-state index contributed by atoms with van der Waals surface area (Å²) in [7, 11) is -9.73. The lowest BCUT2D eigenvalue weighted by Crippen LogP contribution is -2.38. The molecule has 0 radical (unpaired) electrons. The second-order valence-corrected chi connectivity index (χ2v) is 12.5. The molecule has 6 N–H and O–H groups in total. The van der Waals surface area contributed by atoms with Crippen LogP contribution < -0.4 is 16.0 Å². The van der Waals surface area contributed by atoms with E-state index in [-0.39, 0.29) is 29.3 Å². The minimum atomic E-state index is -3.81. The largest absolute Gasteiger partial charge is 0.319 e. The summed E-state index contributed by atoms with van der Waals surface area (Å²) in [4.78, 5) is 0. The highest BCUT2D eigenvalue weighted by molar-refractivity contribution is 7.86. The highest BCUT2D eigenvalue weighted by Gasteiger charge is 2.10. The number of rotatable bonds is 11. The number of hydrogen-bond donors (Lipinski definition) is 6. The summed E-state index contributed by atoms with van der Waals surface area (Å²) in [5, 5.41) is 8.43. The van der Waals surface area contributed by atoms with Gasteiger partial charge in [-0.3, -0.25) is 13.7 Å². The molecule has 0 aromatic rings. The zero-order valence-corrected chi connectivity index (χ0v) is 21.0. The van der Waals surface area contributed by atoms with E-state index in [4.69, 9.17) is 13.7 Å². The first kappa shape index (κ1) is 34.2. The predicted molar refractivity (Wildman–Crippen MR) is 119 cm³/mol. The van der Waals surface area contributed by atoms with Crippen LogP contribution in [0.5, 0.6) is 0 Å². The van der Waals surface area contributed by atoms with Gasteiger partial charge in [0, 0.05) is 25.2 Å². The normalized spacial score (nSPS) is 12.6. The van der Waals surface area contributed by atoms with Gasteiger partial charge in [0.25, 0.3) is 30.4 Å². The molecule has 0 saturated carbocycles. The van der Waals surface area contributed by atoms with Gasteiger partial charge >= 0.3 is 0 Å². The van der Waals surface area contributed by atoms with Crippen LogP contribution in [0.1, 0.15) is 34.6 Å². The second-order valence-electron chi connectivity index (χ2n) is 7.74. The molecule has 0 amide bonds. The second kappa shape index (κ2) is 16.3. The van der Waals surface area contributed by atoms with Crippen molar-refractivity contribution in [2.45, 2.75) is 40.2 Å². The highest BCUT2D eigenvalue weighted by atomic mass is 32.2. The van der Waals surface area contributed by atoms with E-state index >= 15 is 0 Å². The van der Waals surface area contributed by atoms with Crippen LogP contribution in [0, 0.1) is 5.92 Å². The summed E-state index contributed by atoms with van der Waals surface area (Å²) < 4.78 is 85.4. The standard InChI is InChI=1S/2C6H15NO3S.C3H9NO3S/c1-6(2,3)7-4-5-11(8,9)10;1-6(2)5-7-3-4-11(8,9)10;1-4-2-3-8(5,6)7/h7H,4-5H2,1-3H3,(H,8,9,10);6-7H,3-5H2,1-2H3,(H,8,9,10);4H,2-3H2,1H3,(H,5,6,7). The Hall–Kier alpha value is -0.390. The van der Waals surface area contributed by atoms with Gasteiger partial charge in [0.1, 0.15) is 0 Å². The van der Waals surface area contributed by atoms with Crippen molar-refractivity contribution >= 4 is 30.4 Å². The maximum atomic E-state index is 10.2. The zero-order chi connectivity index (χ0) is 24.6. The van der Waals surface area contributed by atoms with Gasteiger partial charge in [-0.1, -0.05) is 13.8 Å². The molecule has 0 fully saturated rings. The minimum Gasteiger partial charge on any atom is -0.319 e. The van der Waals surface area contributed by atoms with Crippen LogP contribution in [0.4, 0.5) is 0 Å². The molecule has 15 heteroatoms. The maximum absolute atomic E-state index is 10.2. The smallest absolute Gasteiger partial charge is 0.266 e. The van der Waals surface area contributed by atoms with E-state index in [1.807, 2.05) is 34.6 Å². The third-order valence-corrected chi connectivity index (χ3v) is 4.87. The quantitative estimate of drug-likeness (QED) is 0.156. The fourth-order valence-electron chi connectivity index (χ4n) is 1.38. The van der Waals surface area contributed by atoms with Crippen molar-refractivity contribution in [1.82, 2.24) is 16.0 Å². The molecule has 0 saturated heterocycles. The van der Waals surface area contributed by atoms with Gasteiger partial charge in [-0.05, 0) is 40.3 Å². The topological polar surface area (TPSA) is 199 Å². The van der Waals surface area contributed by atoms with Crippen molar-refractivity contribution in [1.29, 1.82) is 0 Å². The van der Waals surface area contributed by atoms with Gasteiger partial charge in [0.15, 0.2) is 0 Å². The molecule has 0 spiro atoms. The first-order valence-electron chi connectivity index (χ1n) is 9.14. The van der Waals surface area contributed by atoms with Crippen molar-refractivity contribution in [3.05, 3.63) is 0 Å². The fourth-order valence-corrected chi connectivity index (χ4v) is 2.60. The molecule has 0 aromatic carbocycles. The molecule has 30 heavy (non-hydrogen) atoms. The Morgan fingerprint density at radius 1 is 0.733 bits per heavy atom. The Morgan fingerprint density at radius 2 is 1.10 bits per heavy atom. The molecular weight excluding hydrogens is 462 g/mol. The molecule has 0 rings (SSSR count). The monoisotopic (exact) mass is 501 g/mol. The van der Waals surface area contributed by atoms with Gasteiger partial charge in [-0.25, -0.2) is 0 Å². The minimum absolute atomic E-state index is 0.106. The van der Waals surface area contributed by atoms with E-state index in [0.717, 1.165) is 6.54 Å². The molecule has 0 atom stereocenters. The van der Waals surface area contributed by atoms with Crippen molar-refractivity contribution < 1.29 is 38.9 Å². The van der Waals surface area contributed by atoms with Gasteiger partial charge in [0.05, 0.1) is 17.3 Å². The summed E-state index contributed by atoms with van der Waals surface area (Å²) in [6.07, 6.45) is 0. The van der Waals surface area contributed by atoms with E-state index in [9.17, 15) is 25.3 Å². The van der Waals surface area contributed by atoms with Crippen molar-refractivity contribution in [2.75, 3.05) is 50.5 Å². The van der Waals surface area contributed by atoms with Crippen LogP contribution in [-0.4, -0.2) is 94.9 Å². The lowest BCUT2D eigenvalue weighted by atomic mass is 10.1. The Kier molecular flexibility index (Phi) is 18.6. The van der Waals surface area contributed by atoms with Crippen LogP contribution in [-0.2, 0) is 30.4 Å². The van der Waals surface area contributed by atoms with Crippen LogP contribution in [0.2, 0.25) is 0 Å². The SMILES string of the molecule is CC(C)(C)NCCS(=O)(=O)O.CC(C)CNCCS(=O)(=O)O.CNCCS(=O)(=O)O. The average molecular weight is 502 g/mol. The van der Waals surface area contributed by atoms with E-state index in [2.05, 4.69) is 16.0 Å². The molecule has 0 unspecified atom stereocenters. The number of nitrogens with one attached hydrogen (secondary N) is 3. The van der Waals surface area contributed by atoms with Crippen molar-refractivity contribution in [2.24, 2.45) is 5.92 Å². The maximum Gasteiger partial charge on any atom is 0.266 e. The molecule has 0 aromatic heterocycles. The third kappa shape index (κ3) is 46.0. The lowest BCUT2D eigenvalue weighted by Gasteiger charge is -2.19. The molecule has 186 valence electrons. The average Bonchev–Trinajstić information content (AvgIpc) is 2.46. The Labute approximate surface area is 181 Å². The molecule has 0 aliphatic heterocycles. The first-order chi connectivity index (χ1) is 13.2. The summed E-state index contributed by atoms with van der Waals surface area (Å²) >= 11 is 0. The number of hydrogen-bond acceptors (Lipinski definition) is 9. The van der Waals surface area contributed by atoms with Crippen LogP contribution in [0.25, 0.3) is 0 Å². The van der Waals surface area contributed by atoms with Crippen LogP contribution in [0.3, 0.4) is 0 Å². The molecule has 0 aliphatic rings. The first-order valence-corrected chi connectivity index (χ1v) is 14.0. The van der Waals surface area contributed by atoms with Crippen LogP contribution >= 0.6 is 0 Å². The Morgan fingerprint density at radius 3 is 1.37 bits per heavy atom. The lowest BCUT2D eigenvalue weighted by molar-refractivity contribution is 0.430. The Balaban J connectivity index is -0.000000370. The summed E-state index contributed by atoms with van der Waals surface area (Å²) in [5.41, 5.74) is -0.106. The third-order valence-electron chi connectivity index (χ3n) is 2.71. The van der Waals surface area contributed by atoms with Gasteiger partial charge in [0.2, 0.25) is 0 Å². The van der Waals surface area contributed by atoms with Crippen molar-refractivity contribution in [3.63, 3.8) is 0 Å². The Bertz CT molecular complexity index is 729. The fraction of sp³-hybridized carbons (Fsp3) is 1.00. The summed E-state index contributed by atoms with van der Waals surface area (Å²) in [6, 6.07) is 0. The zero-order valence-electron chi connectivity index (χ0n) is 18.5. The van der Waals surface area contributed by atoms with Gasteiger partial charge in [-0.2, -0.15) is 25.3 Å². The molecule has 12 nitrogen and oxygen atoms in total. The highest BCUT2D eigenvalue weighted by Crippen LogP contribution is 1.97. The molecular formula is C15H39N3O9S3.